The molecule has 0 amide bonds. The van der Waals surface area contributed by atoms with Crippen LogP contribution in [0.4, 0.5) is 5.00 Å². The second-order valence-electron chi connectivity index (χ2n) is 5.41. The average molecular weight is 276 g/mol. The highest BCUT2D eigenvalue weighted by molar-refractivity contribution is 7.16. The molecule has 2 aromatic rings. The molecule has 1 aromatic carbocycles. The zero-order valence-corrected chi connectivity index (χ0v) is 12.7. The summed E-state index contributed by atoms with van der Waals surface area (Å²) in [7, 11) is 0. The molecule has 2 N–H and O–H groups in total. The molecule has 0 unspecified atom stereocenters. The summed E-state index contributed by atoms with van der Waals surface area (Å²) in [5, 5.41) is 1.79. The number of nitrogens with zero attached hydrogens (tertiary/aromatic N) is 1. The topological polar surface area (TPSA) is 48.1 Å². The fourth-order valence-electron chi connectivity index (χ4n) is 1.79. The lowest BCUT2D eigenvalue weighted by molar-refractivity contribution is 0.341. The molecule has 0 aliphatic rings. The maximum absolute atomic E-state index is 6.14. The number of nitrogens with two attached hydrogens (primary N) is 1. The van der Waals surface area contributed by atoms with E-state index < -0.39 is 0 Å². The van der Waals surface area contributed by atoms with E-state index in [1.165, 1.54) is 0 Å². The number of rotatable bonds is 3. The zero-order chi connectivity index (χ0) is 14.0. The van der Waals surface area contributed by atoms with Crippen molar-refractivity contribution in [3.05, 3.63) is 29.3 Å². The first kappa shape index (κ1) is 13.9. The van der Waals surface area contributed by atoms with E-state index in [1.807, 2.05) is 31.2 Å². The first-order chi connectivity index (χ1) is 8.93. The Kier molecular flexibility index (Phi) is 3.80. The van der Waals surface area contributed by atoms with Gasteiger partial charge in [-0.25, -0.2) is 4.98 Å². The van der Waals surface area contributed by atoms with Crippen LogP contribution in [0, 0.1) is 0 Å². The Bertz CT molecular complexity index is 570. The molecule has 3 nitrogen and oxygen atoms in total. The number of benzene rings is 1. The van der Waals surface area contributed by atoms with Crippen molar-refractivity contribution < 1.29 is 4.74 Å². The van der Waals surface area contributed by atoms with Crippen molar-refractivity contribution in [3.8, 4) is 17.0 Å². The Morgan fingerprint density at radius 1 is 1.26 bits per heavy atom. The summed E-state index contributed by atoms with van der Waals surface area (Å²) in [4.78, 5) is 4.71. The van der Waals surface area contributed by atoms with E-state index in [9.17, 15) is 0 Å². The molecule has 0 aliphatic carbocycles. The molecule has 0 atom stereocenters. The number of hydrogen-bond donors (Lipinski definition) is 1. The lowest BCUT2D eigenvalue weighted by atomic mass is 9.98. The van der Waals surface area contributed by atoms with Crippen molar-refractivity contribution in [2.45, 2.75) is 33.1 Å². The van der Waals surface area contributed by atoms with E-state index in [4.69, 9.17) is 15.5 Å². The van der Waals surface area contributed by atoms with Gasteiger partial charge in [-0.05, 0) is 19.1 Å². The summed E-state index contributed by atoms with van der Waals surface area (Å²) in [5.74, 6) is 0.836. The van der Waals surface area contributed by atoms with Crippen LogP contribution in [0.25, 0.3) is 11.3 Å². The Morgan fingerprint density at radius 3 is 2.53 bits per heavy atom. The molecule has 2 rings (SSSR count). The number of thiazole rings is 1. The van der Waals surface area contributed by atoms with Gasteiger partial charge < -0.3 is 10.5 Å². The fraction of sp³-hybridized carbons (Fsp3) is 0.400. The van der Waals surface area contributed by atoms with Gasteiger partial charge >= 0.3 is 0 Å². The van der Waals surface area contributed by atoms with Crippen LogP contribution < -0.4 is 10.5 Å². The summed E-state index contributed by atoms with van der Waals surface area (Å²) in [6.07, 6.45) is 0. The first-order valence-electron chi connectivity index (χ1n) is 6.42. The minimum absolute atomic E-state index is 0.0115. The van der Waals surface area contributed by atoms with Gasteiger partial charge in [0.25, 0.3) is 0 Å². The maximum atomic E-state index is 6.14. The average Bonchev–Trinajstić information content (AvgIpc) is 2.72. The largest absolute Gasteiger partial charge is 0.493 e. The predicted molar refractivity (Wildman–Crippen MR) is 81.8 cm³/mol. The molecule has 0 radical (unpaired) electrons. The van der Waals surface area contributed by atoms with Gasteiger partial charge in [0, 0.05) is 11.0 Å². The second kappa shape index (κ2) is 5.21. The Balaban J connectivity index is 2.50. The van der Waals surface area contributed by atoms with Gasteiger partial charge in [-0.2, -0.15) is 0 Å². The van der Waals surface area contributed by atoms with E-state index in [-0.39, 0.29) is 5.41 Å². The highest BCUT2D eigenvalue weighted by atomic mass is 32.1. The third-order valence-corrected chi connectivity index (χ3v) is 4.05. The van der Waals surface area contributed by atoms with Crippen LogP contribution in [0.3, 0.4) is 0 Å². The molecule has 4 heteroatoms. The summed E-state index contributed by atoms with van der Waals surface area (Å²) in [5.41, 5.74) is 7.95. The summed E-state index contributed by atoms with van der Waals surface area (Å²) in [6.45, 7) is 9.03. The second-order valence-corrected chi connectivity index (χ2v) is 6.44. The van der Waals surface area contributed by atoms with Gasteiger partial charge in [0.15, 0.2) is 0 Å². The minimum atomic E-state index is 0.0115. The van der Waals surface area contributed by atoms with Gasteiger partial charge in [0.1, 0.15) is 21.5 Å². The minimum Gasteiger partial charge on any atom is -0.493 e. The molecule has 19 heavy (non-hydrogen) atoms. The third kappa shape index (κ3) is 2.89. The van der Waals surface area contributed by atoms with E-state index in [0.29, 0.717) is 6.61 Å². The van der Waals surface area contributed by atoms with Gasteiger partial charge in [0.05, 0.1) is 6.61 Å². The highest BCUT2D eigenvalue weighted by Crippen LogP contribution is 2.39. The van der Waals surface area contributed by atoms with Crippen molar-refractivity contribution in [3.63, 3.8) is 0 Å². The molecule has 0 spiro atoms. The predicted octanol–water partition coefficient (Wildman–Crippen LogP) is 4.09. The van der Waals surface area contributed by atoms with E-state index in [1.54, 1.807) is 11.3 Å². The van der Waals surface area contributed by atoms with E-state index in [0.717, 1.165) is 27.0 Å². The van der Waals surface area contributed by atoms with Crippen molar-refractivity contribution in [1.29, 1.82) is 0 Å². The monoisotopic (exact) mass is 276 g/mol. The first-order valence-corrected chi connectivity index (χ1v) is 7.24. The van der Waals surface area contributed by atoms with E-state index >= 15 is 0 Å². The summed E-state index contributed by atoms with van der Waals surface area (Å²) < 4.78 is 5.65. The van der Waals surface area contributed by atoms with Crippen LogP contribution in [0.2, 0.25) is 0 Å². The van der Waals surface area contributed by atoms with Crippen molar-refractivity contribution in [2.75, 3.05) is 12.3 Å². The summed E-state index contributed by atoms with van der Waals surface area (Å²) in [6, 6.07) is 7.90. The SMILES string of the molecule is CCOc1ccccc1-c1nc(C(C)(C)C)sc1N. The van der Waals surface area contributed by atoms with Crippen LogP contribution >= 0.6 is 11.3 Å². The lowest BCUT2D eigenvalue weighted by Crippen LogP contribution is -2.10. The van der Waals surface area contributed by atoms with Crippen LogP contribution in [0.5, 0.6) is 5.75 Å². The van der Waals surface area contributed by atoms with E-state index in [2.05, 4.69) is 20.8 Å². The Labute approximate surface area is 118 Å². The molecule has 102 valence electrons. The normalized spacial score (nSPS) is 11.6. The number of aromatic nitrogens is 1. The zero-order valence-electron chi connectivity index (χ0n) is 11.9. The standard InChI is InChI=1S/C15H20N2OS/c1-5-18-11-9-7-6-8-10(11)12-13(16)19-14(17-12)15(2,3)4/h6-9H,5,16H2,1-4H3. The van der Waals surface area contributed by atoms with Crippen LogP contribution in [0.1, 0.15) is 32.7 Å². The number of ether oxygens (including phenoxy) is 1. The van der Waals surface area contributed by atoms with Gasteiger partial charge in [0.2, 0.25) is 0 Å². The quantitative estimate of drug-likeness (QED) is 0.918. The molecule has 0 bridgehead atoms. The van der Waals surface area contributed by atoms with Crippen LogP contribution in [-0.2, 0) is 5.41 Å². The fourth-order valence-corrected chi connectivity index (χ4v) is 2.69. The molecular formula is C15H20N2OS. The summed E-state index contributed by atoms with van der Waals surface area (Å²) >= 11 is 1.55. The molecular weight excluding hydrogens is 256 g/mol. The molecule has 0 aliphatic heterocycles. The maximum Gasteiger partial charge on any atom is 0.128 e. The van der Waals surface area contributed by atoms with Crippen molar-refractivity contribution >= 4 is 16.3 Å². The van der Waals surface area contributed by atoms with Crippen molar-refractivity contribution in [1.82, 2.24) is 4.98 Å². The number of nitrogen functional groups attached to an aromatic ring is 1. The Morgan fingerprint density at radius 2 is 1.95 bits per heavy atom. The smallest absolute Gasteiger partial charge is 0.128 e. The van der Waals surface area contributed by atoms with Gasteiger partial charge in [-0.3, -0.25) is 0 Å². The number of para-hydroxylation sites is 1. The molecule has 1 heterocycles. The molecule has 0 saturated heterocycles. The van der Waals surface area contributed by atoms with Crippen LogP contribution in [-0.4, -0.2) is 11.6 Å². The number of hydrogen-bond acceptors (Lipinski definition) is 4. The van der Waals surface area contributed by atoms with Crippen molar-refractivity contribution in [2.24, 2.45) is 0 Å². The molecule has 1 aromatic heterocycles. The Hall–Kier alpha value is -1.55. The van der Waals surface area contributed by atoms with Crippen LogP contribution in [0.15, 0.2) is 24.3 Å². The third-order valence-electron chi connectivity index (χ3n) is 2.74. The molecule has 0 fully saturated rings. The number of anilines is 1. The molecule has 0 saturated carbocycles. The highest BCUT2D eigenvalue weighted by Gasteiger charge is 2.22. The van der Waals surface area contributed by atoms with Gasteiger partial charge in [-0.1, -0.05) is 32.9 Å². The lowest BCUT2D eigenvalue weighted by Gasteiger charge is -2.13. The van der Waals surface area contributed by atoms with Gasteiger partial charge in [-0.15, -0.1) is 11.3 Å².